The van der Waals surface area contributed by atoms with Crippen LogP contribution in [0.3, 0.4) is 0 Å². The normalized spacial score (nSPS) is 49.0. The number of thiol groups is 1. The molecule has 4 aliphatic rings. The SMILES string of the molecule is CC(C)(C1CC2(CCCNC2)C1)C1CCC2(CN1)CC(S)C2. The Labute approximate surface area is 142 Å². The minimum atomic E-state index is 0.467. The van der Waals surface area contributed by atoms with Gasteiger partial charge in [0.2, 0.25) is 0 Å². The summed E-state index contributed by atoms with van der Waals surface area (Å²) in [5, 5.41) is 8.28. The molecule has 2 saturated carbocycles. The van der Waals surface area contributed by atoms with Crippen molar-refractivity contribution in [2.45, 2.75) is 76.5 Å². The fourth-order valence-electron chi connectivity index (χ4n) is 6.08. The second kappa shape index (κ2) is 5.39. The smallest absolute Gasteiger partial charge is 0.0121 e. The average Bonchev–Trinajstić information content (AvgIpc) is 2.45. The molecule has 2 aliphatic heterocycles. The van der Waals surface area contributed by atoms with E-state index in [0.29, 0.717) is 21.5 Å². The van der Waals surface area contributed by atoms with Gasteiger partial charge >= 0.3 is 0 Å². The molecule has 1 unspecified atom stereocenters. The number of piperidine rings is 2. The van der Waals surface area contributed by atoms with E-state index in [4.69, 9.17) is 0 Å². The maximum Gasteiger partial charge on any atom is 0.0121 e. The molecule has 2 aliphatic carbocycles. The summed E-state index contributed by atoms with van der Waals surface area (Å²) in [7, 11) is 0. The molecule has 4 fully saturated rings. The van der Waals surface area contributed by atoms with Crippen molar-refractivity contribution in [2.24, 2.45) is 22.2 Å². The van der Waals surface area contributed by atoms with Crippen molar-refractivity contribution in [3.63, 3.8) is 0 Å². The summed E-state index contributed by atoms with van der Waals surface area (Å²) in [5.74, 6) is 0.929. The first-order valence-electron chi connectivity index (χ1n) is 9.55. The Hall–Kier alpha value is 0.270. The first-order chi connectivity index (χ1) is 10.4. The molecule has 2 nitrogen and oxygen atoms in total. The maximum absolute atomic E-state index is 4.63. The Balaban J connectivity index is 1.32. The highest BCUT2D eigenvalue weighted by Gasteiger charge is 2.54. The summed E-state index contributed by atoms with van der Waals surface area (Å²) in [6, 6.07) is 0.732. The molecule has 3 heteroatoms. The molecule has 2 spiro atoms. The van der Waals surface area contributed by atoms with Crippen LogP contribution in [0.25, 0.3) is 0 Å². The summed E-state index contributed by atoms with van der Waals surface area (Å²) in [6.07, 6.45) is 11.3. The number of hydrogen-bond donors (Lipinski definition) is 3. The van der Waals surface area contributed by atoms with E-state index >= 15 is 0 Å². The number of rotatable bonds is 2. The van der Waals surface area contributed by atoms with Gasteiger partial charge in [-0.1, -0.05) is 13.8 Å². The van der Waals surface area contributed by atoms with E-state index < -0.39 is 0 Å². The van der Waals surface area contributed by atoms with Crippen molar-refractivity contribution in [3.8, 4) is 0 Å². The van der Waals surface area contributed by atoms with Crippen LogP contribution >= 0.6 is 12.6 Å². The molecule has 22 heavy (non-hydrogen) atoms. The predicted molar refractivity (Wildman–Crippen MR) is 96.5 cm³/mol. The fraction of sp³-hybridized carbons (Fsp3) is 1.00. The number of nitrogens with one attached hydrogen (secondary N) is 2. The van der Waals surface area contributed by atoms with Crippen LogP contribution in [0.5, 0.6) is 0 Å². The van der Waals surface area contributed by atoms with E-state index in [1.807, 2.05) is 0 Å². The highest BCUT2D eigenvalue weighted by Crippen LogP contribution is 2.58. The van der Waals surface area contributed by atoms with E-state index in [-0.39, 0.29) is 0 Å². The Morgan fingerprint density at radius 2 is 1.73 bits per heavy atom. The quantitative estimate of drug-likeness (QED) is 0.676. The lowest BCUT2D eigenvalue weighted by Gasteiger charge is -2.59. The van der Waals surface area contributed by atoms with E-state index in [1.165, 1.54) is 71.0 Å². The first-order valence-corrected chi connectivity index (χ1v) is 10.1. The van der Waals surface area contributed by atoms with Gasteiger partial charge in [0.25, 0.3) is 0 Å². The average molecular weight is 323 g/mol. The van der Waals surface area contributed by atoms with Crippen LogP contribution in [-0.4, -0.2) is 30.9 Å². The van der Waals surface area contributed by atoms with Gasteiger partial charge in [-0.25, -0.2) is 0 Å². The van der Waals surface area contributed by atoms with Gasteiger partial charge in [-0.3, -0.25) is 0 Å². The fourth-order valence-corrected chi connectivity index (χ4v) is 6.85. The van der Waals surface area contributed by atoms with Gasteiger partial charge in [-0.2, -0.15) is 12.6 Å². The van der Waals surface area contributed by atoms with E-state index in [2.05, 4.69) is 37.1 Å². The van der Waals surface area contributed by atoms with Gasteiger partial charge in [0.15, 0.2) is 0 Å². The second-order valence-electron chi connectivity index (χ2n) is 9.74. The van der Waals surface area contributed by atoms with Crippen LogP contribution in [0.15, 0.2) is 0 Å². The van der Waals surface area contributed by atoms with Gasteiger partial charge in [-0.15, -0.1) is 0 Å². The molecular weight excluding hydrogens is 288 g/mol. The lowest BCUT2D eigenvalue weighted by Crippen LogP contribution is -2.60. The van der Waals surface area contributed by atoms with Gasteiger partial charge in [0, 0.05) is 24.4 Å². The molecule has 126 valence electrons. The minimum Gasteiger partial charge on any atom is -0.316 e. The Bertz CT molecular complexity index is 403. The predicted octanol–water partition coefficient (Wildman–Crippen LogP) is 3.62. The minimum absolute atomic E-state index is 0.467. The zero-order chi connectivity index (χ0) is 15.4. The van der Waals surface area contributed by atoms with Crippen LogP contribution in [0, 0.1) is 22.2 Å². The van der Waals surface area contributed by atoms with Crippen molar-refractivity contribution in [1.29, 1.82) is 0 Å². The van der Waals surface area contributed by atoms with Gasteiger partial charge in [0.1, 0.15) is 0 Å². The molecule has 2 heterocycles. The van der Waals surface area contributed by atoms with Crippen LogP contribution in [0.2, 0.25) is 0 Å². The van der Waals surface area contributed by atoms with Crippen molar-refractivity contribution < 1.29 is 0 Å². The highest BCUT2D eigenvalue weighted by atomic mass is 32.1. The Morgan fingerprint density at radius 3 is 2.27 bits per heavy atom. The van der Waals surface area contributed by atoms with E-state index in [1.54, 1.807) is 0 Å². The lowest BCUT2D eigenvalue weighted by atomic mass is 9.50. The third kappa shape index (κ3) is 2.56. The summed E-state index contributed by atoms with van der Waals surface area (Å²) in [4.78, 5) is 0. The first kappa shape index (κ1) is 15.8. The highest BCUT2D eigenvalue weighted by molar-refractivity contribution is 7.81. The summed E-state index contributed by atoms with van der Waals surface area (Å²) in [5.41, 5.74) is 1.75. The van der Waals surface area contributed by atoms with E-state index in [9.17, 15) is 0 Å². The molecule has 1 atom stereocenters. The molecule has 0 radical (unpaired) electrons. The molecule has 2 saturated heterocycles. The summed E-state index contributed by atoms with van der Waals surface area (Å²) in [6.45, 7) is 8.85. The maximum atomic E-state index is 4.63. The second-order valence-corrected chi connectivity index (χ2v) is 10.5. The van der Waals surface area contributed by atoms with Crippen molar-refractivity contribution in [3.05, 3.63) is 0 Å². The van der Waals surface area contributed by atoms with Crippen molar-refractivity contribution >= 4 is 12.6 Å². The molecule has 0 aromatic carbocycles. The van der Waals surface area contributed by atoms with Crippen molar-refractivity contribution in [2.75, 3.05) is 19.6 Å². The van der Waals surface area contributed by atoms with Crippen molar-refractivity contribution in [1.82, 2.24) is 10.6 Å². The molecular formula is C19H34N2S. The molecule has 0 aromatic rings. The molecule has 2 N–H and O–H groups in total. The third-order valence-electron chi connectivity index (χ3n) is 7.89. The molecule has 0 aromatic heterocycles. The van der Waals surface area contributed by atoms with E-state index in [0.717, 1.165) is 12.0 Å². The largest absolute Gasteiger partial charge is 0.316 e. The van der Waals surface area contributed by atoms with Crippen LogP contribution in [-0.2, 0) is 0 Å². The van der Waals surface area contributed by atoms with Gasteiger partial charge in [0.05, 0.1) is 0 Å². The topological polar surface area (TPSA) is 24.1 Å². The Kier molecular flexibility index (Phi) is 3.86. The summed E-state index contributed by atoms with van der Waals surface area (Å²) < 4.78 is 0. The zero-order valence-corrected chi connectivity index (χ0v) is 15.4. The molecule has 0 bridgehead atoms. The number of hydrogen-bond acceptors (Lipinski definition) is 3. The zero-order valence-electron chi connectivity index (χ0n) is 14.5. The standard InChI is InChI=1S/C19H34N2S/c1-17(2,14-8-18(9-14)5-3-7-20-12-18)16-4-6-19(13-21-16)10-15(22)11-19/h14-16,20-22H,3-13H2,1-2H3. The lowest BCUT2D eigenvalue weighted by molar-refractivity contribution is -0.0646. The van der Waals surface area contributed by atoms with Crippen LogP contribution < -0.4 is 10.6 Å². The Morgan fingerprint density at radius 1 is 1.00 bits per heavy atom. The molecule has 0 amide bonds. The molecule has 4 rings (SSSR count). The monoisotopic (exact) mass is 322 g/mol. The van der Waals surface area contributed by atoms with Crippen LogP contribution in [0.4, 0.5) is 0 Å². The van der Waals surface area contributed by atoms with Gasteiger partial charge in [-0.05, 0) is 80.1 Å². The van der Waals surface area contributed by atoms with Crippen LogP contribution in [0.1, 0.15) is 65.2 Å². The third-order valence-corrected chi connectivity index (χ3v) is 8.26. The summed E-state index contributed by atoms with van der Waals surface area (Å²) >= 11 is 4.63. The van der Waals surface area contributed by atoms with Gasteiger partial charge < -0.3 is 10.6 Å².